The van der Waals surface area contributed by atoms with Crippen LogP contribution < -0.4 is 0 Å². The van der Waals surface area contributed by atoms with Crippen LogP contribution in [0.2, 0.25) is 0 Å². The van der Waals surface area contributed by atoms with Gasteiger partial charge in [0, 0.05) is 32.6 Å². The molecule has 4 nitrogen and oxygen atoms in total. The van der Waals surface area contributed by atoms with Crippen molar-refractivity contribution >= 4 is 11.0 Å². The third-order valence-corrected chi connectivity index (χ3v) is 14.5. The first-order chi connectivity index (χ1) is 35.4. The number of aryl methyl sites for hydroxylation is 1. The number of benzene rings is 7. The Morgan fingerprint density at radius 2 is 1.00 bits per heavy atom. The number of hydrogen-bond acceptors (Lipinski definition) is 3. The predicted octanol–water partition coefficient (Wildman–Crippen LogP) is 18.9. The standard InChI is InChI=1S/C69H75N3O/c1-43-35-56(46-27-31-51(32-28-46)66(5,6)7)61(42-55(43)45-21-18-17-19-22-45)72-60-24-20-23-54(62(60)71-64(72)57-40-53(68(11,12)13)41-58(63(57)73)69(14,15)16)48-36-49(38-52(37-48)67(8,9)10)59-39-47(33-34-70-59)44-25-29-50(30-26-44)65(2,3)4/h17-42,73H,1-16H3/i1D3. The minimum Gasteiger partial charge on any atom is -0.507 e. The summed E-state index contributed by atoms with van der Waals surface area (Å²) in [6.07, 6.45) is 1.90. The number of pyridine rings is 1. The summed E-state index contributed by atoms with van der Waals surface area (Å²) < 4.78 is 29.2. The fraction of sp³-hybridized carbons (Fsp3) is 0.304. The molecule has 0 bridgehead atoms. The number of phenols is 1. The minimum absolute atomic E-state index is 0.0491. The van der Waals surface area contributed by atoms with E-state index in [9.17, 15) is 5.11 Å². The molecular weight excluding hydrogens is 887 g/mol. The fourth-order valence-corrected chi connectivity index (χ4v) is 9.87. The zero-order chi connectivity index (χ0) is 55.1. The van der Waals surface area contributed by atoms with Gasteiger partial charge in [-0.05, 0) is 144 Å². The first-order valence-corrected chi connectivity index (χ1v) is 25.9. The quantitative estimate of drug-likeness (QED) is 0.173. The summed E-state index contributed by atoms with van der Waals surface area (Å²) in [6, 6.07) is 52.6. The van der Waals surface area contributed by atoms with E-state index in [4.69, 9.17) is 14.1 Å². The van der Waals surface area contributed by atoms with Crippen LogP contribution in [-0.2, 0) is 27.1 Å². The molecule has 0 aliphatic carbocycles. The maximum atomic E-state index is 12.8. The lowest BCUT2D eigenvalue weighted by Crippen LogP contribution is -2.17. The Kier molecular flexibility index (Phi) is 11.9. The van der Waals surface area contributed by atoms with Crippen molar-refractivity contribution in [2.45, 2.75) is 138 Å². The van der Waals surface area contributed by atoms with Crippen molar-refractivity contribution in [1.82, 2.24) is 14.5 Å². The zero-order valence-electron chi connectivity index (χ0n) is 48.8. The summed E-state index contributed by atoms with van der Waals surface area (Å²) in [7, 11) is 0. The molecule has 2 aromatic heterocycles. The van der Waals surface area contributed by atoms with Crippen LogP contribution in [0.5, 0.6) is 5.75 Å². The summed E-state index contributed by atoms with van der Waals surface area (Å²) in [5.41, 5.74) is 16.6. The van der Waals surface area contributed by atoms with Crippen LogP contribution in [0.3, 0.4) is 0 Å². The van der Waals surface area contributed by atoms with E-state index in [2.05, 4.69) is 218 Å². The molecule has 2 heterocycles. The number of hydrogen-bond donors (Lipinski definition) is 1. The zero-order valence-corrected chi connectivity index (χ0v) is 45.8. The largest absolute Gasteiger partial charge is 0.507 e. The van der Waals surface area contributed by atoms with Gasteiger partial charge in [-0.25, -0.2) is 4.98 Å². The molecular formula is C69H75N3O. The maximum absolute atomic E-state index is 12.8. The molecule has 73 heavy (non-hydrogen) atoms. The van der Waals surface area contributed by atoms with Gasteiger partial charge in [-0.2, -0.15) is 0 Å². The highest BCUT2D eigenvalue weighted by atomic mass is 16.3. The van der Waals surface area contributed by atoms with Gasteiger partial charge in [0.05, 0.1) is 28.0 Å². The molecule has 0 atom stereocenters. The molecule has 9 aromatic rings. The molecule has 0 spiro atoms. The lowest BCUT2D eigenvalue weighted by molar-refractivity contribution is 0.446. The Morgan fingerprint density at radius 1 is 0.425 bits per heavy atom. The maximum Gasteiger partial charge on any atom is 0.149 e. The van der Waals surface area contributed by atoms with Crippen molar-refractivity contribution in [1.29, 1.82) is 0 Å². The predicted molar refractivity (Wildman–Crippen MR) is 311 cm³/mol. The Morgan fingerprint density at radius 3 is 1.59 bits per heavy atom. The minimum atomic E-state index is -2.45. The van der Waals surface area contributed by atoms with Crippen LogP contribution >= 0.6 is 0 Å². The SMILES string of the molecule is [2H]C([2H])([2H])c1cc(-c2ccc(C(C)(C)C)cc2)c(-n2c(-c3cc(C(C)(C)C)cc(C(C)(C)C)c3O)nc3c(-c4cc(-c5cc(-c6ccc(C(C)(C)C)cc6)ccn5)cc(C(C)(C)C)c4)cccc32)cc1-c1ccccc1. The highest BCUT2D eigenvalue weighted by Gasteiger charge is 2.30. The van der Waals surface area contributed by atoms with Crippen LogP contribution in [-0.4, -0.2) is 19.6 Å². The van der Waals surface area contributed by atoms with E-state index in [1.807, 2.05) is 48.7 Å². The van der Waals surface area contributed by atoms with Crippen LogP contribution in [0.15, 0.2) is 158 Å². The summed E-state index contributed by atoms with van der Waals surface area (Å²) in [5.74, 6) is 0.705. The van der Waals surface area contributed by atoms with E-state index in [1.54, 1.807) is 0 Å². The molecule has 0 radical (unpaired) electrons. The summed E-state index contributed by atoms with van der Waals surface area (Å²) in [5, 5.41) is 12.8. The third kappa shape index (κ3) is 10.2. The van der Waals surface area contributed by atoms with Crippen LogP contribution in [0.25, 0.3) is 83.9 Å². The molecule has 9 rings (SSSR count). The van der Waals surface area contributed by atoms with E-state index in [-0.39, 0.29) is 33.0 Å². The van der Waals surface area contributed by atoms with Gasteiger partial charge < -0.3 is 5.11 Å². The molecule has 1 N–H and O–H groups in total. The molecule has 7 aromatic carbocycles. The highest BCUT2D eigenvalue weighted by molar-refractivity contribution is 5.98. The second kappa shape index (κ2) is 18.5. The van der Waals surface area contributed by atoms with Gasteiger partial charge in [0.25, 0.3) is 0 Å². The van der Waals surface area contributed by atoms with Gasteiger partial charge in [0.1, 0.15) is 11.6 Å². The monoisotopic (exact) mass is 965 g/mol. The van der Waals surface area contributed by atoms with E-state index < -0.39 is 12.3 Å². The van der Waals surface area contributed by atoms with Crippen molar-refractivity contribution in [3.8, 4) is 78.6 Å². The van der Waals surface area contributed by atoms with Crippen molar-refractivity contribution in [3.05, 3.63) is 191 Å². The van der Waals surface area contributed by atoms with Crippen LogP contribution in [0.4, 0.5) is 0 Å². The third-order valence-electron chi connectivity index (χ3n) is 14.5. The molecule has 0 amide bonds. The van der Waals surface area contributed by atoms with Gasteiger partial charge in [-0.1, -0.05) is 207 Å². The van der Waals surface area contributed by atoms with Crippen molar-refractivity contribution in [2.24, 2.45) is 0 Å². The number of rotatable bonds is 7. The van der Waals surface area contributed by atoms with Gasteiger partial charge in [-0.15, -0.1) is 0 Å². The second-order valence-electron chi connectivity index (χ2n) is 25.3. The van der Waals surface area contributed by atoms with Crippen molar-refractivity contribution < 1.29 is 9.22 Å². The smallest absolute Gasteiger partial charge is 0.149 e. The summed E-state index contributed by atoms with van der Waals surface area (Å²) >= 11 is 0. The summed E-state index contributed by atoms with van der Waals surface area (Å²) in [6.45, 7) is 30.6. The fourth-order valence-electron chi connectivity index (χ4n) is 9.87. The normalized spacial score (nSPS) is 13.5. The molecule has 0 aliphatic heterocycles. The van der Waals surface area contributed by atoms with Crippen LogP contribution in [0.1, 0.15) is 141 Å². The topological polar surface area (TPSA) is 50.9 Å². The lowest BCUT2D eigenvalue weighted by Gasteiger charge is -2.28. The average molecular weight is 965 g/mol. The first kappa shape index (κ1) is 47.0. The Labute approximate surface area is 440 Å². The van der Waals surface area contributed by atoms with Crippen molar-refractivity contribution in [2.75, 3.05) is 0 Å². The molecule has 0 unspecified atom stereocenters. The molecule has 0 fully saturated rings. The molecule has 4 heteroatoms. The number of aromatic hydroxyl groups is 1. The number of para-hydroxylation sites is 1. The van der Waals surface area contributed by atoms with Gasteiger partial charge in [-0.3, -0.25) is 9.55 Å². The molecule has 372 valence electrons. The first-order valence-electron chi connectivity index (χ1n) is 27.4. The van der Waals surface area contributed by atoms with Gasteiger partial charge in [0.15, 0.2) is 0 Å². The average Bonchev–Trinajstić information content (AvgIpc) is 3.74. The van der Waals surface area contributed by atoms with Gasteiger partial charge in [0.2, 0.25) is 0 Å². The number of imidazole rings is 1. The molecule has 0 saturated carbocycles. The number of nitrogens with zero attached hydrogens (tertiary/aromatic N) is 3. The summed E-state index contributed by atoms with van der Waals surface area (Å²) in [4.78, 5) is 10.7. The number of fused-ring (bicyclic) bond motifs is 1. The van der Waals surface area contributed by atoms with E-state index in [0.717, 1.165) is 83.6 Å². The van der Waals surface area contributed by atoms with Crippen LogP contribution in [0, 0.1) is 6.85 Å². The Bertz CT molecular complexity index is 3620. The highest BCUT2D eigenvalue weighted by Crippen LogP contribution is 2.47. The molecule has 0 saturated heterocycles. The second-order valence-corrected chi connectivity index (χ2v) is 25.3. The van der Waals surface area contributed by atoms with Crippen molar-refractivity contribution in [3.63, 3.8) is 0 Å². The van der Waals surface area contributed by atoms with E-state index in [0.29, 0.717) is 17.0 Å². The van der Waals surface area contributed by atoms with E-state index in [1.165, 1.54) is 11.1 Å². The molecule has 0 aliphatic rings. The Balaban J connectivity index is 1.39. The Hall–Kier alpha value is -7.04. The lowest BCUT2D eigenvalue weighted by atomic mass is 9.79. The van der Waals surface area contributed by atoms with Gasteiger partial charge >= 0.3 is 0 Å². The number of aromatic nitrogens is 3. The number of phenolic OH excluding ortho intramolecular Hbond substituents is 1. The van der Waals surface area contributed by atoms with E-state index >= 15 is 0 Å².